The molecule has 0 aliphatic carbocycles. The third-order valence-electron chi connectivity index (χ3n) is 5.73. The van der Waals surface area contributed by atoms with Crippen molar-refractivity contribution in [3.63, 3.8) is 0 Å². The maximum absolute atomic E-state index is 12.2. The second kappa shape index (κ2) is 19.8. The molecule has 0 aromatic heterocycles. The summed E-state index contributed by atoms with van der Waals surface area (Å²) in [5.41, 5.74) is 2.52. The van der Waals surface area contributed by atoms with Gasteiger partial charge in [-0.1, -0.05) is 106 Å². The Kier molecular flexibility index (Phi) is 19.1. The van der Waals surface area contributed by atoms with Gasteiger partial charge < -0.3 is 21.7 Å². The predicted molar refractivity (Wildman–Crippen MR) is 152 cm³/mol. The number of ether oxygens (including phenoxy) is 1. The summed E-state index contributed by atoms with van der Waals surface area (Å²) in [6.45, 7) is 8.62. The molecule has 0 atom stereocenters. The summed E-state index contributed by atoms with van der Waals surface area (Å²) < 4.78 is 4.95. The second-order valence-corrected chi connectivity index (χ2v) is 13.1. The minimum Gasteiger partial charge on any atom is -1.00 e. The van der Waals surface area contributed by atoms with Gasteiger partial charge in [-0.15, -0.1) is 7.92 Å². The first-order valence-corrected chi connectivity index (χ1v) is 15.3. The molecule has 3 rings (SSSR count). The van der Waals surface area contributed by atoms with E-state index < -0.39 is 7.92 Å². The zero-order chi connectivity index (χ0) is 24.8. The zero-order valence-electron chi connectivity index (χ0n) is 21.8. The van der Waals surface area contributed by atoms with Crippen LogP contribution in [0.2, 0.25) is 0 Å². The van der Waals surface area contributed by atoms with E-state index >= 15 is 0 Å². The minimum absolute atomic E-state index is 0. The molecule has 1 radical (unpaired) electrons. The van der Waals surface area contributed by atoms with Crippen molar-refractivity contribution in [2.75, 3.05) is 25.6 Å². The van der Waals surface area contributed by atoms with Crippen molar-refractivity contribution in [3.8, 4) is 0 Å². The Morgan fingerprint density at radius 2 is 1.22 bits per heavy atom. The van der Waals surface area contributed by atoms with E-state index in [1.807, 2.05) is 30.3 Å². The molecule has 0 bridgehead atoms. The summed E-state index contributed by atoms with van der Waals surface area (Å²) in [5.74, 6) is -0.353. The van der Waals surface area contributed by atoms with E-state index in [9.17, 15) is 4.79 Å². The van der Waals surface area contributed by atoms with Gasteiger partial charge in [-0.3, -0.25) is 0 Å². The van der Waals surface area contributed by atoms with Crippen LogP contribution in [0, 0.1) is 6.08 Å². The fraction of sp³-hybridized carbons (Fsp3) is 0.300. The van der Waals surface area contributed by atoms with E-state index in [0.29, 0.717) is 13.5 Å². The van der Waals surface area contributed by atoms with Gasteiger partial charge in [-0.05, 0) is 61.1 Å². The van der Waals surface area contributed by atoms with Crippen molar-refractivity contribution in [3.05, 3.63) is 102 Å². The molecule has 0 aliphatic rings. The first kappa shape index (κ1) is 34.7. The van der Waals surface area contributed by atoms with Crippen LogP contribution in [0.25, 0.3) is 5.57 Å². The molecule has 3 aromatic carbocycles. The topological polar surface area (TPSA) is 26.3 Å². The number of carbonyl (C=O) groups excluding carboxylic acids is 1. The van der Waals surface area contributed by atoms with Gasteiger partial charge in [-0.25, -0.2) is 4.79 Å². The average Bonchev–Trinajstić information content (AvgIpc) is 2.90. The SMILES string of the molecule is CCP(CC)CC.C[C]=C(C(=O)OC)c1ccccc1CP(c1ccccc1)c1ccccc1.[Br-].[Ni+2]. The van der Waals surface area contributed by atoms with E-state index in [2.05, 4.69) is 81.4 Å². The fourth-order valence-electron chi connectivity index (χ4n) is 3.74. The molecule has 0 saturated carbocycles. The van der Waals surface area contributed by atoms with Gasteiger partial charge in [0.1, 0.15) is 0 Å². The predicted octanol–water partition coefficient (Wildman–Crippen LogP) is 4.23. The first-order chi connectivity index (χ1) is 16.6. The molecule has 0 heterocycles. The number of benzene rings is 3. The van der Waals surface area contributed by atoms with Crippen LogP contribution in [-0.4, -0.2) is 31.6 Å². The maximum atomic E-state index is 12.2. The fourth-order valence-corrected chi connectivity index (χ4v) is 7.42. The summed E-state index contributed by atoms with van der Waals surface area (Å²) in [4.78, 5) is 12.2. The van der Waals surface area contributed by atoms with Crippen LogP contribution in [0.3, 0.4) is 0 Å². The Hall–Kier alpha value is -1.30. The summed E-state index contributed by atoms with van der Waals surface area (Å²) in [6, 6.07) is 29.2. The number of esters is 1. The molecule has 6 heteroatoms. The van der Waals surface area contributed by atoms with Gasteiger partial charge in [0.25, 0.3) is 0 Å². The molecule has 0 spiro atoms. The third kappa shape index (κ3) is 10.6. The van der Waals surface area contributed by atoms with Gasteiger partial charge in [-0.2, -0.15) is 0 Å². The van der Waals surface area contributed by atoms with E-state index in [1.54, 1.807) is 6.92 Å². The van der Waals surface area contributed by atoms with E-state index in [1.165, 1.54) is 36.2 Å². The largest absolute Gasteiger partial charge is 2.00 e. The Bertz CT molecular complexity index is 980. The molecule has 0 saturated heterocycles. The van der Waals surface area contributed by atoms with Crippen LogP contribution < -0.4 is 27.6 Å². The van der Waals surface area contributed by atoms with Crippen LogP contribution in [0.4, 0.5) is 0 Å². The number of hydrogen-bond donors (Lipinski definition) is 0. The molecular formula is C30H37BrNiO2P2+. The van der Waals surface area contributed by atoms with Gasteiger partial charge in [0.05, 0.1) is 12.7 Å². The van der Waals surface area contributed by atoms with Crippen LogP contribution >= 0.6 is 15.8 Å². The summed E-state index contributed by atoms with van der Waals surface area (Å²) in [6.07, 6.45) is 8.12. The smallest absolute Gasteiger partial charge is 1.00 e. The zero-order valence-corrected chi connectivity index (χ0v) is 26.2. The summed E-state index contributed by atoms with van der Waals surface area (Å²) >= 11 is 0. The second-order valence-electron chi connectivity index (χ2n) is 7.65. The monoisotopic (exact) mass is 628 g/mol. The molecule has 36 heavy (non-hydrogen) atoms. The van der Waals surface area contributed by atoms with Crippen LogP contribution in [0.1, 0.15) is 38.8 Å². The maximum Gasteiger partial charge on any atom is 2.00 e. The number of hydrogen-bond acceptors (Lipinski definition) is 2. The van der Waals surface area contributed by atoms with Crippen molar-refractivity contribution < 1.29 is 43.0 Å². The van der Waals surface area contributed by atoms with Crippen molar-refractivity contribution >= 4 is 38.0 Å². The Balaban J connectivity index is 0.00000120. The number of carbonyl (C=O) groups is 1. The van der Waals surface area contributed by atoms with Crippen molar-refractivity contribution in [1.82, 2.24) is 0 Å². The van der Waals surface area contributed by atoms with E-state index in [0.717, 1.165) is 17.3 Å². The van der Waals surface area contributed by atoms with Gasteiger partial charge >= 0.3 is 22.5 Å². The third-order valence-corrected chi connectivity index (χ3v) is 10.9. The van der Waals surface area contributed by atoms with E-state index in [-0.39, 0.29) is 39.4 Å². The Morgan fingerprint density at radius 3 is 1.61 bits per heavy atom. The minimum atomic E-state index is -0.590. The number of rotatable bonds is 9. The molecule has 0 aliphatic heterocycles. The normalized spacial score (nSPS) is 10.6. The Labute approximate surface area is 241 Å². The van der Waals surface area contributed by atoms with Gasteiger partial charge in [0, 0.05) is 6.16 Å². The summed E-state index contributed by atoms with van der Waals surface area (Å²) in [7, 11) is 1.26. The number of halogens is 1. The van der Waals surface area contributed by atoms with Gasteiger partial charge in [0.2, 0.25) is 0 Å². The first-order valence-electron chi connectivity index (χ1n) is 11.9. The van der Waals surface area contributed by atoms with Crippen molar-refractivity contribution in [1.29, 1.82) is 0 Å². The number of allylic oxidation sites excluding steroid dienone is 1. The van der Waals surface area contributed by atoms with Crippen molar-refractivity contribution in [2.45, 2.75) is 33.9 Å². The molecule has 195 valence electrons. The van der Waals surface area contributed by atoms with E-state index in [4.69, 9.17) is 4.74 Å². The van der Waals surface area contributed by atoms with Crippen molar-refractivity contribution in [2.24, 2.45) is 0 Å². The summed E-state index contributed by atoms with van der Waals surface area (Å²) in [5, 5.41) is 2.63. The molecule has 0 fully saturated rings. The average molecular weight is 630 g/mol. The molecular weight excluding hydrogens is 593 g/mol. The molecule has 0 amide bonds. The van der Waals surface area contributed by atoms with Crippen LogP contribution in [0.15, 0.2) is 84.9 Å². The molecule has 0 N–H and O–H groups in total. The quantitative estimate of drug-likeness (QED) is 0.153. The van der Waals surface area contributed by atoms with Crippen LogP contribution in [-0.2, 0) is 32.2 Å². The Morgan fingerprint density at radius 1 is 0.778 bits per heavy atom. The molecule has 0 unspecified atom stereocenters. The van der Waals surface area contributed by atoms with Crippen LogP contribution in [0.5, 0.6) is 0 Å². The standard InChI is InChI=1S/C24H22O2P.C6H15P.BrH.Ni/c1-3-22(24(25)26-2)23-17-11-10-12-19(23)18-27(20-13-6-4-7-14-20)21-15-8-5-9-16-21;1-4-7(5-2)6-3;;/h4-17H,18H2,1-2H3;4-6H2,1-3H3;1H;/q;;;+2/p-1. The molecule has 2 nitrogen and oxygen atoms in total. The number of methoxy groups -OCH3 is 1. The molecule has 3 aromatic rings. The van der Waals surface area contributed by atoms with Gasteiger partial charge in [0.15, 0.2) is 0 Å².